The highest BCUT2D eigenvalue weighted by Gasteiger charge is 2.54. The number of carboxylic acid groups (broad SMARTS) is 1. The predicted octanol–water partition coefficient (Wildman–Crippen LogP) is 2.28. The van der Waals surface area contributed by atoms with Gasteiger partial charge >= 0.3 is 5.97 Å². The van der Waals surface area contributed by atoms with Gasteiger partial charge in [-0.1, -0.05) is 30.3 Å². The molecule has 0 bridgehead atoms. The summed E-state index contributed by atoms with van der Waals surface area (Å²) in [6.07, 6.45) is 7.10. The minimum Gasteiger partial charge on any atom is -0.508 e. The first-order chi connectivity index (χ1) is 20.8. The Bertz CT molecular complexity index is 1540. The number of fused-ring (bicyclic) bond motifs is 1. The Balaban J connectivity index is 0.000000668. The van der Waals surface area contributed by atoms with E-state index in [9.17, 15) is 29.4 Å². The highest BCUT2D eigenvalue weighted by Crippen LogP contribution is 2.41. The van der Waals surface area contributed by atoms with Crippen molar-refractivity contribution in [2.45, 2.75) is 24.4 Å². The van der Waals surface area contributed by atoms with Crippen molar-refractivity contribution in [3.05, 3.63) is 102 Å². The molecule has 2 fully saturated rings. The Kier molecular flexibility index (Phi) is 9.11. The van der Waals surface area contributed by atoms with E-state index in [4.69, 9.17) is 4.74 Å². The van der Waals surface area contributed by atoms with E-state index in [1.54, 1.807) is 72.2 Å². The average molecular weight is 604 g/mol. The van der Waals surface area contributed by atoms with Crippen LogP contribution in [0.15, 0.2) is 96.2 Å². The van der Waals surface area contributed by atoms with E-state index in [0.717, 1.165) is 5.56 Å². The van der Waals surface area contributed by atoms with Gasteiger partial charge < -0.3 is 30.2 Å². The highest BCUT2D eigenvalue weighted by molar-refractivity contribution is 8.00. The summed E-state index contributed by atoms with van der Waals surface area (Å²) in [5.41, 5.74) is 1.46. The van der Waals surface area contributed by atoms with Crippen LogP contribution in [0.1, 0.15) is 12.0 Å². The van der Waals surface area contributed by atoms with Crippen molar-refractivity contribution < 1.29 is 34.1 Å². The molecule has 12 nitrogen and oxygen atoms in total. The van der Waals surface area contributed by atoms with Gasteiger partial charge in [-0.2, -0.15) is 0 Å². The number of ether oxygens (including phenoxy) is 1. The molecule has 3 aliphatic rings. The molecule has 4 N–H and O–H groups in total. The lowest BCUT2D eigenvalue weighted by atomic mass is 10.0. The standard InChI is InChI=1S/C27H25N3O7S.C3H4N2/c31-19-6-4-5-16(11-19)13-29-10-9-17(24(29)33)12-18-15-38-26-22(25(34)30(26)23(18)27(35)36)28-21(32)14-37-20-7-2-1-3-8-20;1-2-5-3-4-1/h1-8,11-12,22,26,31H,9-10,13-15H2,(H,28,32)(H,35,36);1-3H,(H,4,5)/t22-,26-;/m1./s1. The SMILES string of the molecule is O=C(COc1ccccc1)N[C@@H]1C(=O)N2C(C(=O)O)=C(C=C3CCN(Cc4cccc(O)c4)C3=O)CS[C@H]12.c1c[nH]cn1. The predicted molar refractivity (Wildman–Crippen MR) is 156 cm³/mol. The highest BCUT2D eigenvalue weighted by atomic mass is 32.2. The molecule has 0 saturated carbocycles. The number of aromatic amines is 1. The van der Waals surface area contributed by atoms with E-state index < -0.39 is 29.2 Å². The van der Waals surface area contributed by atoms with E-state index in [0.29, 0.717) is 36.4 Å². The fourth-order valence-electron chi connectivity index (χ4n) is 4.89. The number of aromatic nitrogens is 2. The molecule has 2 saturated heterocycles. The number of carbonyl (C=O) groups excluding carboxylic acids is 3. The number of benzene rings is 2. The van der Waals surface area contributed by atoms with Crippen molar-refractivity contribution in [2.75, 3.05) is 18.9 Å². The van der Waals surface area contributed by atoms with Crippen molar-refractivity contribution in [1.29, 1.82) is 0 Å². The summed E-state index contributed by atoms with van der Waals surface area (Å²) in [4.78, 5) is 59.6. The molecule has 13 heteroatoms. The average Bonchev–Trinajstić information content (AvgIpc) is 3.70. The second-order valence-electron chi connectivity index (χ2n) is 9.81. The molecule has 2 aromatic carbocycles. The minimum absolute atomic E-state index is 0.118. The number of phenolic OH excluding ortho intramolecular Hbond substituents is 1. The van der Waals surface area contributed by atoms with Crippen LogP contribution in [0, 0.1) is 0 Å². The number of amides is 3. The first kappa shape index (κ1) is 29.5. The molecule has 0 radical (unpaired) electrons. The number of rotatable bonds is 8. The maximum atomic E-state index is 13.0. The molecule has 3 aliphatic heterocycles. The maximum Gasteiger partial charge on any atom is 0.352 e. The largest absolute Gasteiger partial charge is 0.508 e. The van der Waals surface area contributed by atoms with Gasteiger partial charge in [-0.3, -0.25) is 19.3 Å². The van der Waals surface area contributed by atoms with E-state index in [1.165, 1.54) is 16.7 Å². The molecule has 4 heterocycles. The fourth-order valence-corrected chi connectivity index (χ4v) is 6.19. The number of thioether (sulfide) groups is 1. The number of aromatic hydroxyl groups is 1. The first-order valence-electron chi connectivity index (χ1n) is 13.4. The number of nitrogens with zero attached hydrogens (tertiary/aromatic N) is 3. The van der Waals surface area contributed by atoms with Crippen LogP contribution in [0.2, 0.25) is 0 Å². The maximum absolute atomic E-state index is 13.0. The summed E-state index contributed by atoms with van der Waals surface area (Å²) in [7, 11) is 0. The number of carbonyl (C=O) groups is 4. The molecule has 0 aliphatic carbocycles. The smallest absolute Gasteiger partial charge is 0.352 e. The molecule has 3 amide bonds. The van der Waals surface area contributed by atoms with Crippen LogP contribution in [0.25, 0.3) is 0 Å². The second-order valence-corrected chi connectivity index (χ2v) is 10.9. The number of phenols is 1. The summed E-state index contributed by atoms with van der Waals surface area (Å²) in [6, 6.07) is 14.6. The summed E-state index contributed by atoms with van der Waals surface area (Å²) < 4.78 is 5.42. The minimum atomic E-state index is -1.27. The number of imidazole rings is 1. The van der Waals surface area contributed by atoms with Crippen LogP contribution >= 0.6 is 11.8 Å². The van der Waals surface area contributed by atoms with E-state index in [1.807, 2.05) is 12.1 Å². The van der Waals surface area contributed by atoms with Gasteiger partial charge in [0.25, 0.3) is 11.8 Å². The van der Waals surface area contributed by atoms with Crippen molar-refractivity contribution in [3.8, 4) is 11.5 Å². The molecule has 0 spiro atoms. The third-order valence-corrected chi connectivity index (χ3v) is 8.18. The third kappa shape index (κ3) is 6.89. The molecule has 1 aromatic heterocycles. The zero-order valence-electron chi connectivity index (χ0n) is 22.9. The van der Waals surface area contributed by atoms with Gasteiger partial charge in [0, 0.05) is 36.8 Å². The number of para-hydroxylation sites is 1. The van der Waals surface area contributed by atoms with Gasteiger partial charge in [-0.15, -0.1) is 11.8 Å². The van der Waals surface area contributed by atoms with E-state index >= 15 is 0 Å². The summed E-state index contributed by atoms with van der Waals surface area (Å²) in [5, 5.41) is 21.7. The normalized spacial score (nSPS) is 20.2. The number of allylic oxidation sites excluding steroid dienone is 1. The number of likely N-dealkylation sites (tertiary alicyclic amines) is 1. The lowest BCUT2D eigenvalue weighted by Gasteiger charge is -2.49. The number of β-lactam (4-membered cyclic amide) rings is 1. The number of carboxylic acids is 1. The van der Waals surface area contributed by atoms with Crippen LogP contribution in [-0.2, 0) is 25.7 Å². The summed E-state index contributed by atoms with van der Waals surface area (Å²) in [6.45, 7) is 0.519. The Hall–Kier alpha value is -5.04. The number of H-pyrrole nitrogens is 1. The Morgan fingerprint density at radius 3 is 2.65 bits per heavy atom. The van der Waals surface area contributed by atoms with Gasteiger partial charge in [0.1, 0.15) is 28.6 Å². The van der Waals surface area contributed by atoms with Crippen molar-refractivity contribution >= 4 is 35.5 Å². The fraction of sp³-hybridized carbons (Fsp3) is 0.233. The molecule has 222 valence electrons. The van der Waals surface area contributed by atoms with Gasteiger partial charge in [-0.25, -0.2) is 9.78 Å². The Morgan fingerprint density at radius 1 is 1.16 bits per heavy atom. The molecule has 43 heavy (non-hydrogen) atoms. The molecule has 0 unspecified atom stereocenters. The van der Waals surface area contributed by atoms with Gasteiger partial charge in [0.05, 0.1) is 6.33 Å². The first-order valence-corrected chi connectivity index (χ1v) is 14.5. The van der Waals surface area contributed by atoms with Crippen molar-refractivity contribution in [3.63, 3.8) is 0 Å². The van der Waals surface area contributed by atoms with Crippen LogP contribution in [-0.4, -0.2) is 84.0 Å². The molecule has 3 aromatic rings. The molecular formula is C30H29N5O7S. The monoisotopic (exact) mass is 603 g/mol. The number of hydrogen-bond acceptors (Lipinski definition) is 8. The Labute approximate surface area is 251 Å². The lowest BCUT2D eigenvalue weighted by molar-refractivity contribution is -0.150. The quantitative estimate of drug-likeness (QED) is 0.223. The van der Waals surface area contributed by atoms with Gasteiger partial charge in [0.15, 0.2) is 6.61 Å². The Morgan fingerprint density at radius 2 is 1.98 bits per heavy atom. The van der Waals surface area contributed by atoms with Crippen molar-refractivity contribution in [2.24, 2.45) is 0 Å². The second kappa shape index (κ2) is 13.3. The lowest BCUT2D eigenvalue weighted by Crippen LogP contribution is -2.70. The van der Waals surface area contributed by atoms with Gasteiger partial charge in [0.2, 0.25) is 5.91 Å². The van der Waals surface area contributed by atoms with Crippen molar-refractivity contribution in [1.82, 2.24) is 25.1 Å². The molecule has 6 rings (SSSR count). The third-order valence-electron chi connectivity index (χ3n) is 6.88. The van der Waals surface area contributed by atoms with Crippen LogP contribution in [0.5, 0.6) is 11.5 Å². The summed E-state index contributed by atoms with van der Waals surface area (Å²) in [5.74, 6) is -1.58. The van der Waals surface area contributed by atoms with E-state index in [-0.39, 0.29) is 29.7 Å². The number of hydrogen-bond donors (Lipinski definition) is 4. The zero-order valence-corrected chi connectivity index (χ0v) is 23.7. The molecule has 2 atom stereocenters. The van der Waals surface area contributed by atoms with Crippen LogP contribution < -0.4 is 10.1 Å². The van der Waals surface area contributed by atoms with E-state index in [2.05, 4.69) is 15.3 Å². The topological polar surface area (TPSA) is 165 Å². The zero-order chi connectivity index (χ0) is 30.3. The van der Waals surface area contributed by atoms with Crippen LogP contribution in [0.3, 0.4) is 0 Å². The number of aliphatic carboxylic acids is 1. The molecular weight excluding hydrogens is 574 g/mol. The summed E-state index contributed by atoms with van der Waals surface area (Å²) >= 11 is 1.33. The number of nitrogens with one attached hydrogen (secondary N) is 2. The van der Waals surface area contributed by atoms with Crippen LogP contribution in [0.4, 0.5) is 0 Å². The van der Waals surface area contributed by atoms with Gasteiger partial charge in [-0.05, 0) is 47.9 Å².